The van der Waals surface area contributed by atoms with Gasteiger partial charge >= 0.3 is 0 Å². The Bertz CT molecular complexity index is 149. The number of hydrazone groups is 1. The van der Waals surface area contributed by atoms with Gasteiger partial charge in [-0.1, -0.05) is 6.42 Å². The average molecular weight is 170 g/mol. The third-order valence-corrected chi connectivity index (χ3v) is 2.15. The van der Waals surface area contributed by atoms with Crippen molar-refractivity contribution in [3.63, 3.8) is 0 Å². The molecule has 0 aromatic carbocycles. The van der Waals surface area contributed by atoms with Crippen LogP contribution in [0.15, 0.2) is 5.10 Å². The maximum atomic E-state index is 8.73. The van der Waals surface area contributed by atoms with Crippen molar-refractivity contribution in [3.05, 3.63) is 0 Å². The summed E-state index contributed by atoms with van der Waals surface area (Å²) in [4.78, 5) is 0. The van der Waals surface area contributed by atoms with Crippen molar-refractivity contribution in [2.45, 2.75) is 45.1 Å². The van der Waals surface area contributed by atoms with E-state index >= 15 is 0 Å². The fourth-order valence-electron chi connectivity index (χ4n) is 1.31. The van der Waals surface area contributed by atoms with Gasteiger partial charge in [0, 0.05) is 5.71 Å². The second-order valence-electron chi connectivity index (χ2n) is 3.45. The van der Waals surface area contributed by atoms with Crippen LogP contribution in [-0.4, -0.2) is 23.5 Å². The Hall–Kier alpha value is -0.570. The molecule has 1 saturated carbocycles. The molecular formula is C9H18N2O. The van der Waals surface area contributed by atoms with E-state index in [4.69, 9.17) is 5.11 Å². The van der Waals surface area contributed by atoms with Gasteiger partial charge < -0.3 is 10.5 Å². The van der Waals surface area contributed by atoms with Crippen LogP contribution < -0.4 is 5.43 Å². The van der Waals surface area contributed by atoms with Gasteiger partial charge in [0.1, 0.15) is 0 Å². The third kappa shape index (κ3) is 3.22. The van der Waals surface area contributed by atoms with Crippen molar-refractivity contribution in [1.82, 2.24) is 5.43 Å². The van der Waals surface area contributed by atoms with Crippen LogP contribution in [0.25, 0.3) is 0 Å². The zero-order valence-electron chi connectivity index (χ0n) is 7.71. The summed E-state index contributed by atoms with van der Waals surface area (Å²) in [7, 11) is 0. The van der Waals surface area contributed by atoms with Gasteiger partial charge in [-0.05, 0) is 32.6 Å². The van der Waals surface area contributed by atoms with Crippen molar-refractivity contribution in [2.24, 2.45) is 5.10 Å². The fourth-order valence-corrected chi connectivity index (χ4v) is 1.31. The number of aliphatic hydroxyl groups excluding tert-OH is 1. The lowest BCUT2D eigenvalue weighted by Gasteiger charge is -2.14. The molecule has 1 fully saturated rings. The number of aliphatic hydroxyl groups is 1. The molecule has 0 saturated heterocycles. The third-order valence-electron chi connectivity index (χ3n) is 2.15. The van der Waals surface area contributed by atoms with Crippen LogP contribution in [0.3, 0.4) is 0 Å². The van der Waals surface area contributed by atoms with Crippen LogP contribution >= 0.6 is 0 Å². The highest BCUT2D eigenvalue weighted by Crippen LogP contribution is 2.14. The maximum absolute atomic E-state index is 8.73. The Balaban J connectivity index is 2.24. The highest BCUT2D eigenvalue weighted by molar-refractivity contribution is 5.84. The van der Waals surface area contributed by atoms with E-state index in [0.717, 1.165) is 12.8 Å². The minimum atomic E-state index is 0.0828. The number of rotatable bonds is 3. The molecule has 0 aliphatic heterocycles. The smallest absolute Gasteiger partial charge is 0.0646 e. The average Bonchev–Trinajstić information content (AvgIpc) is 2.16. The van der Waals surface area contributed by atoms with E-state index in [-0.39, 0.29) is 12.6 Å². The molecule has 1 rings (SSSR count). The molecule has 0 aromatic rings. The lowest BCUT2D eigenvalue weighted by molar-refractivity contribution is 0.253. The monoisotopic (exact) mass is 170 g/mol. The van der Waals surface area contributed by atoms with Crippen molar-refractivity contribution >= 4 is 5.71 Å². The van der Waals surface area contributed by atoms with Crippen LogP contribution in [0.5, 0.6) is 0 Å². The highest BCUT2D eigenvalue weighted by atomic mass is 16.3. The van der Waals surface area contributed by atoms with Gasteiger partial charge in [-0.15, -0.1) is 0 Å². The first kappa shape index (κ1) is 9.52. The van der Waals surface area contributed by atoms with Gasteiger partial charge in [0.05, 0.1) is 12.6 Å². The van der Waals surface area contributed by atoms with Crippen LogP contribution in [0.2, 0.25) is 0 Å². The van der Waals surface area contributed by atoms with Crippen molar-refractivity contribution < 1.29 is 5.11 Å². The van der Waals surface area contributed by atoms with E-state index in [9.17, 15) is 0 Å². The molecule has 1 unspecified atom stereocenters. The van der Waals surface area contributed by atoms with Gasteiger partial charge in [0.25, 0.3) is 0 Å². The van der Waals surface area contributed by atoms with E-state index in [0.29, 0.717) is 0 Å². The lowest BCUT2D eigenvalue weighted by atomic mass is 9.99. The van der Waals surface area contributed by atoms with E-state index < -0.39 is 0 Å². The summed E-state index contributed by atoms with van der Waals surface area (Å²) in [5, 5.41) is 13.0. The van der Waals surface area contributed by atoms with Gasteiger partial charge in [0.2, 0.25) is 0 Å². The standard InChI is InChI=1S/C9H18N2O/c1-8(7-12)10-11-9-5-3-2-4-6-9/h8,10,12H,2-7H2,1H3. The summed E-state index contributed by atoms with van der Waals surface area (Å²) in [5.74, 6) is 0. The number of hydrogen-bond acceptors (Lipinski definition) is 3. The van der Waals surface area contributed by atoms with Crippen LogP contribution in [0, 0.1) is 0 Å². The molecule has 3 nitrogen and oxygen atoms in total. The molecule has 0 aromatic heterocycles. The van der Waals surface area contributed by atoms with Crippen LogP contribution in [0.4, 0.5) is 0 Å². The zero-order valence-corrected chi connectivity index (χ0v) is 7.71. The molecule has 0 radical (unpaired) electrons. The minimum absolute atomic E-state index is 0.0828. The van der Waals surface area contributed by atoms with E-state index in [1.54, 1.807) is 0 Å². The molecule has 2 N–H and O–H groups in total. The van der Waals surface area contributed by atoms with E-state index in [1.807, 2.05) is 6.92 Å². The fraction of sp³-hybridized carbons (Fsp3) is 0.889. The Morgan fingerprint density at radius 3 is 2.67 bits per heavy atom. The molecule has 0 spiro atoms. The highest BCUT2D eigenvalue weighted by Gasteiger charge is 2.06. The lowest BCUT2D eigenvalue weighted by Crippen LogP contribution is -2.26. The molecule has 1 aliphatic rings. The minimum Gasteiger partial charge on any atom is -0.394 e. The zero-order chi connectivity index (χ0) is 8.81. The molecule has 0 bridgehead atoms. The molecule has 0 amide bonds. The predicted octanol–water partition coefficient (Wildman–Crippen LogP) is 1.28. The predicted molar refractivity (Wildman–Crippen MR) is 50.2 cm³/mol. The van der Waals surface area contributed by atoms with Crippen molar-refractivity contribution in [3.8, 4) is 0 Å². The maximum Gasteiger partial charge on any atom is 0.0646 e. The summed E-state index contributed by atoms with van der Waals surface area (Å²) in [5.41, 5.74) is 4.21. The van der Waals surface area contributed by atoms with Gasteiger partial charge in [-0.2, -0.15) is 5.10 Å². The van der Waals surface area contributed by atoms with Crippen LogP contribution in [0.1, 0.15) is 39.0 Å². The topological polar surface area (TPSA) is 44.6 Å². The van der Waals surface area contributed by atoms with Gasteiger partial charge in [-0.3, -0.25) is 0 Å². The first-order valence-corrected chi connectivity index (χ1v) is 4.74. The number of nitrogens with one attached hydrogen (secondary N) is 1. The Morgan fingerprint density at radius 1 is 1.42 bits per heavy atom. The van der Waals surface area contributed by atoms with E-state index in [2.05, 4.69) is 10.5 Å². The molecule has 1 aliphatic carbocycles. The summed E-state index contributed by atoms with van der Waals surface area (Å²) in [6.45, 7) is 2.07. The van der Waals surface area contributed by atoms with Gasteiger partial charge in [-0.25, -0.2) is 0 Å². The second kappa shape index (κ2) is 5.14. The van der Waals surface area contributed by atoms with Crippen molar-refractivity contribution in [2.75, 3.05) is 6.61 Å². The van der Waals surface area contributed by atoms with Crippen LogP contribution in [-0.2, 0) is 0 Å². The molecule has 3 heteroatoms. The number of nitrogens with zero attached hydrogens (tertiary/aromatic N) is 1. The van der Waals surface area contributed by atoms with E-state index in [1.165, 1.54) is 25.0 Å². The molecule has 70 valence electrons. The largest absolute Gasteiger partial charge is 0.394 e. The Labute approximate surface area is 73.9 Å². The quantitative estimate of drug-likeness (QED) is 0.627. The first-order valence-electron chi connectivity index (χ1n) is 4.74. The first-order chi connectivity index (χ1) is 5.83. The number of hydrogen-bond donors (Lipinski definition) is 2. The van der Waals surface area contributed by atoms with Crippen molar-refractivity contribution in [1.29, 1.82) is 0 Å². The summed E-state index contributed by atoms with van der Waals surface area (Å²) in [6.07, 6.45) is 6.15. The SMILES string of the molecule is CC(CO)NN=C1CCCCC1. The summed E-state index contributed by atoms with van der Waals surface area (Å²) in [6, 6.07) is 0.0828. The normalized spacial score (nSPS) is 20.3. The Kier molecular flexibility index (Phi) is 4.08. The molecule has 0 heterocycles. The molecular weight excluding hydrogens is 152 g/mol. The molecule has 12 heavy (non-hydrogen) atoms. The summed E-state index contributed by atoms with van der Waals surface area (Å²) < 4.78 is 0. The Morgan fingerprint density at radius 2 is 2.08 bits per heavy atom. The summed E-state index contributed by atoms with van der Waals surface area (Å²) >= 11 is 0. The molecule has 1 atom stereocenters. The second-order valence-corrected chi connectivity index (χ2v) is 3.45. The van der Waals surface area contributed by atoms with Gasteiger partial charge in [0.15, 0.2) is 0 Å².